The van der Waals surface area contributed by atoms with Crippen molar-refractivity contribution in [3.8, 4) is 0 Å². The Morgan fingerprint density at radius 2 is 1.29 bits per heavy atom. The first-order chi connectivity index (χ1) is 13.2. The maximum atomic E-state index is 14.6. The molecule has 0 aliphatic rings. The molecule has 28 heavy (non-hydrogen) atoms. The minimum absolute atomic E-state index is 0.0866. The highest BCUT2D eigenvalue weighted by Gasteiger charge is 2.38. The van der Waals surface area contributed by atoms with Gasteiger partial charge in [0.15, 0.2) is 0 Å². The Bertz CT molecular complexity index is 516. The van der Waals surface area contributed by atoms with Gasteiger partial charge in [-0.2, -0.15) is 0 Å². The van der Waals surface area contributed by atoms with E-state index >= 15 is 0 Å². The van der Waals surface area contributed by atoms with Crippen LogP contribution in [-0.4, -0.2) is 5.92 Å². The van der Waals surface area contributed by atoms with Crippen LogP contribution in [0.1, 0.15) is 122 Å². The SMILES string of the molecule is CCCC(CCCCCCC(c1ccc(C(C)C)cc1)C(F)(F)CC)C(C)C. The van der Waals surface area contributed by atoms with Gasteiger partial charge in [-0.25, -0.2) is 8.78 Å². The van der Waals surface area contributed by atoms with E-state index in [9.17, 15) is 8.78 Å². The number of alkyl halides is 2. The van der Waals surface area contributed by atoms with Crippen LogP contribution in [0.5, 0.6) is 0 Å². The van der Waals surface area contributed by atoms with Crippen molar-refractivity contribution in [2.75, 3.05) is 0 Å². The van der Waals surface area contributed by atoms with E-state index in [4.69, 9.17) is 0 Å². The van der Waals surface area contributed by atoms with Gasteiger partial charge < -0.3 is 0 Å². The summed E-state index contributed by atoms with van der Waals surface area (Å²) in [5.41, 5.74) is 2.02. The molecule has 0 nitrogen and oxygen atoms in total. The maximum absolute atomic E-state index is 14.6. The lowest BCUT2D eigenvalue weighted by Crippen LogP contribution is -2.25. The second kappa shape index (κ2) is 12.6. The molecule has 0 amide bonds. The van der Waals surface area contributed by atoms with Crippen molar-refractivity contribution in [3.63, 3.8) is 0 Å². The quantitative estimate of drug-likeness (QED) is 0.276. The molecule has 2 unspecified atom stereocenters. The molecule has 0 spiro atoms. The predicted molar refractivity (Wildman–Crippen MR) is 119 cm³/mol. The summed E-state index contributed by atoms with van der Waals surface area (Å²) in [5.74, 6) is -1.27. The fourth-order valence-corrected chi connectivity index (χ4v) is 4.27. The topological polar surface area (TPSA) is 0 Å². The Hall–Kier alpha value is -0.920. The van der Waals surface area contributed by atoms with Crippen molar-refractivity contribution in [1.29, 1.82) is 0 Å². The first kappa shape index (κ1) is 25.1. The molecular weight excluding hydrogens is 350 g/mol. The van der Waals surface area contributed by atoms with Crippen molar-refractivity contribution in [2.45, 2.75) is 117 Å². The zero-order valence-corrected chi connectivity index (χ0v) is 19.2. The number of halogens is 2. The summed E-state index contributed by atoms with van der Waals surface area (Å²) < 4.78 is 29.2. The number of rotatable bonds is 14. The molecule has 2 heteroatoms. The highest BCUT2D eigenvalue weighted by Crippen LogP contribution is 2.40. The summed E-state index contributed by atoms with van der Waals surface area (Å²) in [4.78, 5) is 0. The summed E-state index contributed by atoms with van der Waals surface area (Å²) >= 11 is 0. The Balaban J connectivity index is 2.55. The molecule has 0 aliphatic carbocycles. The number of hydrogen-bond donors (Lipinski definition) is 0. The van der Waals surface area contributed by atoms with E-state index in [1.165, 1.54) is 37.7 Å². The van der Waals surface area contributed by atoms with E-state index in [1.54, 1.807) is 6.92 Å². The second-order valence-electron chi connectivity index (χ2n) is 9.27. The summed E-state index contributed by atoms with van der Waals surface area (Å²) in [6, 6.07) is 7.92. The van der Waals surface area contributed by atoms with Crippen molar-refractivity contribution in [3.05, 3.63) is 35.4 Å². The Kier molecular flexibility index (Phi) is 11.3. The average molecular weight is 395 g/mol. The largest absolute Gasteiger partial charge is 0.254 e. The first-order valence-electron chi connectivity index (χ1n) is 11.7. The fourth-order valence-electron chi connectivity index (χ4n) is 4.27. The van der Waals surface area contributed by atoms with Crippen LogP contribution in [0.3, 0.4) is 0 Å². The van der Waals surface area contributed by atoms with Gasteiger partial charge in [0.05, 0.1) is 0 Å². The highest BCUT2D eigenvalue weighted by molar-refractivity contribution is 5.28. The van der Waals surface area contributed by atoms with Crippen LogP contribution in [-0.2, 0) is 0 Å². The van der Waals surface area contributed by atoms with Gasteiger partial charge in [0, 0.05) is 12.3 Å². The van der Waals surface area contributed by atoms with Gasteiger partial charge in [-0.3, -0.25) is 0 Å². The molecule has 1 aromatic rings. The van der Waals surface area contributed by atoms with E-state index in [0.29, 0.717) is 12.3 Å². The summed E-state index contributed by atoms with van der Waals surface area (Å²) in [6.07, 6.45) is 8.73. The van der Waals surface area contributed by atoms with Crippen LogP contribution in [0.25, 0.3) is 0 Å². The van der Waals surface area contributed by atoms with E-state index in [-0.39, 0.29) is 6.42 Å². The third-order valence-corrected chi connectivity index (χ3v) is 6.41. The van der Waals surface area contributed by atoms with Crippen molar-refractivity contribution in [2.24, 2.45) is 11.8 Å². The lowest BCUT2D eigenvalue weighted by atomic mass is 9.84. The van der Waals surface area contributed by atoms with Crippen LogP contribution in [0.4, 0.5) is 8.78 Å². The van der Waals surface area contributed by atoms with E-state index in [0.717, 1.165) is 30.2 Å². The molecule has 0 aliphatic heterocycles. The van der Waals surface area contributed by atoms with Gasteiger partial charge in [-0.05, 0) is 35.3 Å². The Morgan fingerprint density at radius 3 is 1.75 bits per heavy atom. The molecule has 0 N–H and O–H groups in total. The number of unbranched alkanes of at least 4 members (excludes halogenated alkanes) is 3. The fraction of sp³-hybridized carbons (Fsp3) is 0.769. The Morgan fingerprint density at radius 1 is 0.750 bits per heavy atom. The van der Waals surface area contributed by atoms with Gasteiger partial charge in [-0.15, -0.1) is 0 Å². The van der Waals surface area contributed by atoms with Gasteiger partial charge >= 0.3 is 0 Å². The minimum atomic E-state index is -2.62. The minimum Gasteiger partial charge on any atom is -0.206 e. The molecule has 0 fully saturated rings. The van der Waals surface area contributed by atoms with E-state index in [2.05, 4.69) is 34.6 Å². The third kappa shape index (κ3) is 8.21. The average Bonchev–Trinajstić information content (AvgIpc) is 2.66. The van der Waals surface area contributed by atoms with Crippen molar-refractivity contribution < 1.29 is 8.78 Å². The molecule has 0 heterocycles. The molecule has 0 aromatic heterocycles. The molecule has 162 valence electrons. The third-order valence-electron chi connectivity index (χ3n) is 6.41. The molecule has 1 aromatic carbocycles. The smallest absolute Gasteiger partial charge is 0.206 e. The van der Waals surface area contributed by atoms with Crippen LogP contribution in [0, 0.1) is 11.8 Å². The molecule has 0 bridgehead atoms. The normalized spacial score (nSPS) is 14.6. The monoisotopic (exact) mass is 394 g/mol. The standard InChI is InChI=1S/C26H44F2/c1-7-13-22(20(3)4)14-11-9-10-12-15-25(26(27,28)8-2)24-18-16-23(17-19-24)21(5)6/h16-22,25H,7-15H2,1-6H3. The molecular formula is C26H44F2. The second-order valence-corrected chi connectivity index (χ2v) is 9.27. The van der Waals surface area contributed by atoms with Crippen molar-refractivity contribution >= 4 is 0 Å². The van der Waals surface area contributed by atoms with Crippen molar-refractivity contribution in [1.82, 2.24) is 0 Å². The molecule has 1 rings (SSSR count). The Labute approximate surface area is 173 Å². The van der Waals surface area contributed by atoms with Gasteiger partial charge in [0.2, 0.25) is 0 Å². The zero-order chi connectivity index (χ0) is 21.2. The van der Waals surface area contributed by atoms with Crippen LogP contribution in [0.2, 0.25) is 0 Å². The highest BCUT2D eigenvalue weighted by atomic mass is 19.3. The van der Waals surface area contributed by atoms with Crippen LogP contribution in [0.15, 0.2) is 24.3 Å². The first-order valence-corrected chi connectivity index (χ1v) is 11.7. The van der Waals surface area contributed by atoms with Crippen LogP contribution >= 0.6 is 0 Å². The summed E-state index contributed by atoms with van der Waals surface area (Å²) in [6.45, 7) is 12.8. The van der Waals surface area contributed by atoms with Gasteiger partial charge in [-0.1, -0.05) is 111 Å². The van der Waals surface area contributed by atoms with E-state index in [1.807, 2.05) is 24.3 Å². The molecule has 2 atom stereocenters. The van der Waals surface area contributed by atoms with Gasteiger partial charge in [0.1, 0.15) is 0 Å². The zero-order valence-electron chi connectivity index (χ0n) is 19.2. The van der Waals surface area contributed by atoms with Crippen LogP contribution < -0.4 is 0 Å². The summed E-state index contributed by atoms with van der Waals surface area (Å²) in [7, 11) is 0. The molecule has 0 saturated carbocycles. The molecule has 0 saturated heterocycles. The summed E-state index contributed by atoms with van der Waals surface area (Å²) in [5, 5.41) is 0. The number of hydrogen-bond acceptors (Lipinski definition) is 0. The lowest BCUT2D eigenvalue weighted by molar-refractivity contribution is -0.0345. The predicted octanol–water partition coefficient (Wildman–Crippen LogP) is 9.35. The van der Waals surface area contributed by atoms with Gasteiger partial charge in [0.25, 0.3) is 5.92 Å². The number of benzene rings is 1. The maximum Gasteiger partial charge on any atom is 0.254 e. The molecule has 0 radical (unpaired) electrons. The lowest BCUT2D eigenvalue weighted by Gasteiger charge is -2.27. The van der Waals surface area contributed by atoms with E-state index < -0.39 is 11.8 Å².